The van der Waals surface area contributed by atoms with Gasteiger partial charge in [0.1, 0.15) is 18.1 Å². The fourth-order valence-corrected chi connectivity index (χ4v) is 5.71. The van der Waals surface area contributed by atoms with E-state index < -0.39 is 26.0 Å². The van der Waals surface area contributed by atoms with Crippen LogP contribution in [-0.4, -0.2) is 76.4 Å². The Morgan fingerprint density at radius 2 is 1.64 bits per heavy atom. The SMILES string of the molecule is CS(=O)(=O)Nc1cccc(Cn2c(C(=O)O)cc3ccc(OCCN(CCO)c4ccccc4NS(C)(=O)=O)cc32)c1. The molecule has 4 rings (SSSR count). The van der Waals surface area contributed by atoms with Crippen LogP contribution < -0.4 is 19.1 Å². The molecule has 4 aromatic rings. The number of fused-ring (bicyclic) bond motifs is 1. The number of hydrogen-bond acceptors (Lipinski definition) is 8. The second-order valence-electron chi connectivity index (χ2n) is 9.67. The molecule has 0 fully saturated rings. The molecule has 0 unspecified atom stereocenters. The van der Waals surface area contributed by atoms with Gasteiger partial charge in [-0.2, -0.15) is 0 Å². The van der Waals surface area contributed by atoms with Gasteiger partial charge in [0.15, 0.2) is 0 Å². The second-order valence-corrected chi connectivity index (χ2v) is 13.2. The molecule has 0 saturated heterocycles. The van der Waals surface area contributed by atoms with Crippen LogP contribution in [0.5, 0.6) is 5.75 Å². The third kappa shape index (κ3) is 8.15. The highest BCUT2D eigenvalue weighted by Gasteiger charge is 2.17. The quantitative estimate of drug-likeness (QED) is 0.167. The number of carboxylic acids is 1. The molecule has 0 spiro atoms. The second kappa shape index (κ2) is 12.7. The number of carboxylic acid groups (broad SMARTS) is 1. The van der Waals surface area contributed by atoms with E-state index in [9.17, 15) is 31.8 Å². The largest absolute Gasteiger partial charge is 0.492 e. The highest BCUT2D eigenvalue weighted by atomic mass is 32.2. The number of nitrogens with one attached hydrogen (secondary N) is 2. The van der Waals surface area contributed by atoms with Crippen LogP contribution in [-0.2, 0) is 26.6 Å². The lowest BCUT2D eigenvalue weighted by molar-refractivity contribution is 0.0686. The van der Waals surface area contributed by atoms with Crippen molar-refractivity contribution in [3.8, 4) is 5.75 Å². The predicted molar refractivity (Wildman–Crippen MR) is 163 cm³/mol. The van der Waals surface area contributed by atoms with Crippen LogP contribution in [0.2, 0.25) is 0 Å². The summed E-state index contributed by atoms with van der Waals surface area (Å²) < 4.78 is 59.5. The number of carbonyl (C=O) groups is 1. The summed E-state index contributed by atoms with van der Waals surface area (Å²) in [5, 5.41) is 20.2. The van der Waals surface area contributed by atoms with Crippen LogP contribution in [0.15, 0.2) is 72.8 Å². The number of aromatic carboxylic acids is 1. The molecule has 0 radical (unpaired) electrons. The molecule has 12 nitrogen and oxygen atoms in total. The Labute approximate surface area is 244 Å². The number of rotatable bonds is 14. The summed E-state index contributed by atoms with van der Waals surface area (Å²) in [7, 11) is -7.00. The van der Waals surface area contributed by atoms with Crippen LogP contribution in [0, 0.1) is 0 Å². The van der Waals surface area contributed by atoms with E-state index >= 15 is 0 Å². The molecule has 0 aliphatic carbocycles. The van der Waals surface area contributed by atoms with Gasteiger partial charge in [-0.05, 0) is 48.0 Å². The van der Waals surface area contributed by atoms with Crippen molar-refractivity contribution in [2.45, 2.75) is 6.54 Å². The summed E-state index contributed by atoms with van der Waals surface area (Å²) in [5.41, 5.74) is 2.70. The van der Waals surface area contributed by atoms with E-state index in [2.05, 4.69) is 9.44 Å². The number of sulfonamides is 2. The molecule has 0 aliphatic rings. The molecule has 4 N–H and O–H groups in total. The molecule has 224 valence electrons. The van der Waals surface area contributed by atoms with Crippen molar-refractivity contribution >= 4 is 54.0 Å². The summed E-state index contributed by atoms with van der Waals surface area (Å²) in [6.07, 6.45) is 2.12. The zero-order valence-corrected chi connectivity index (χ0v) is 24.7. The van der Waals surface area contributed by atoms with Gasteiger partial charge in [0, 0.05) is 30.2 Å². The first-order valence-corrected chi connectivity index (χ1v) is 16.6. The van der Waals surface area contributed by atoms with Gasteiger partial charge >= 0.3 is 5.97 Å². The van der Waals surface area contributed by atoms with E-state index in [0.29, 0.717) is 45.8 Å². The van der Waals surface area contributed by atoms with E-state index in [4.69, 9.17) is 4.74 Å². The summed E-state index contributed by atoms with van der Waals surface area (Å²) in [6, 6.07) is 20.3. The summed E-state index contributed by atoms with van der Waals surface area (Å²) in [6.45, 7) is 0.754. The van der Waals surface area contributed by atoms with Gasteiger partial charge in [-0.25, -0.2) is 21.6 Å². The molecule has 0 amide bonds. The average molecular weight is 617 g/mol. The number of ether oxygens (including phenoxy) is 1. The Balaban J connectivity index is 1.56. The van der Waals surface area contributed by atoms with Crippen molar-refractivity contribution in [1.29, 1.82) is 0 Å². The van der Waals surface area contributed by atoms with Gasteiger partial charge in [0.25, 0.3) is 0 Å². The molecule has 0 aliphatic heterocycles. The average Bonchev–Trinajstić information content (AvgIpc) is 3.25. The Morgan fingerprint density at radius 1 is 0.905 bits per heavy atom. The normalized spacial score (nSPS) is 11.8. The topological polar surface area (TPSA) is 167 Å². The van der Waals surface area contributed by atoms with Gasteiger partial charge in [0.2, 0.25) is 20.0 Å². The van der Waals surface area contributed by atoms with Gasteiger partial charge in [-0.3, -0.25) is 9.44 Å². The standard InChI is InChI=1S/C28H32N4O8S2/c1-41(36,37)29-22-7-5-6-20(16-22)19-32-26-18-23(11-10-21(26)17-27(32)28(34)35)40-15-13-31(12-14-33)25-9-4-3-8-24(25)30-42(2,38)39/h3-11,16-18,29-30,33H,12-15,19H2,1-2H3,(H,34,35). The lowest BCUT2D eigenvalue weighted by atomic mass is 10.2. The lowest BCUT2D eigenvalue weighted by Crippen LogP contribution is -2.32. The lowest BCUT2D eigenvalue weighted by Gasteiger charge is -2.26. The molecular formula is C28H32N4O8S2. The molecule has 14 heteroatoms. The number of hydrogen-bond donors (Lipinski definition) is 4. The van der Waals surface area contributed by atoms with Crippen molar-refractivity contribution in [2.75, 3.05) is 53.2 Å². The molecular weight excluding hydrogens is 584 g/mol. The number of aliphatic hydroxyl groups is 1. The highest BCUT2D eigenvalue weighted by molar-refractivity contribution is 7.92. The monoisotopic (exact) mass is 616 g/mol. The van der Waals surface area contributed by atoms with Crippen molar-refractivity contribution in [2.24, 2.45) is 0 Å². The molecule has 42 heavy (non-hydrogen) atoms. The van der Waals surface area contributed by atoms with Crippen molar-refractivity contribution in [3.63, 3.8) is 0 Å². The van der Waals surface area contributed by atoms with E-state index in [1.807, 2.05) is 0 Å². The fraction of sp³-hybridized carbons (Fsp3) is 0.250. The third-order valence-electron chi connectivity index (χ3n) is 6.21. The first-order valence-electron chi connectivity index (χ1n) is 12.8. The molecule has 0 bridgehead atoms. The van der Waals surface area contributed by atoms with Crippen molar-refractivity contribution in [3.05, 3.63) is 84.1 Å². The number of benzene rings is 3. The predicted octanol–water partition coefficient (Wildman–Crippen LogP) is 3.01. The van der Waals surface area contributed by atoms with Gasteiger partial charge in [-0.1, -0.05) is 24.3 Å². The van der Waals surface area contributed by atoms with E-state index in [-0.39, 0.29) is 32.0 Å². The minimum atomic E-state index is -3.52. The maximum Gasteiger partial charge on any atom is 0.352 e. The van der Waals surface area contributed by atoms with E-state index in [1.54, 1.807) is 82.3 Å². The minimum Gasteiger partial charge on any atom is -0.492 e. The summed E-state index contributed by atoms with van der Waals surface area (Å²) in [4.78, 5) is 13.9. The number of para-hydroxylation sites is 2. The highest BCUT2D eigenvalue weighted by Crippen LogP contribution is 2.28. The first-order chi connectivity index (χ1) is 19.8. The number of aliphatic hydroxyl groups excluding tert-OH is 1. The van der Waals surface area contributed by atoms with E-state index in [1.165, 1.54) is 0 Å². The summed E-state index contributed by atoms with van der Waals surface area (Å²) >= 11 is 0. The van der Waals surface area contributed by atoms with Gasteiger partial charge in [0.05, 0.1) is 42.6 Å². The van der Waals surface area contributed by atoms with E-state index in [0.717, 1.165) is 12.5 Å². The van der Waals surface area contributed by atoms with Crippen LogP contribution in [0.25, 0.3) is 10.9 Å². The summed E-state index contributed by atoms with van der Waals surface area (Å²) in [5.74, 6) is -0.627. The number of aromatic nitrogens is 1. The Morgan fingerprint density at radius 3 is 2.33 bits per heavy atom. The zero-order valence-electron chi connectivity index (χ0n) is 23.0. The third-order valence-corrected chi connectivity index (χ3v) is 7.40. The molecule has 0 saturated carbocycles. The number of anilines is 3. The van der Waals surface area contributed by atoms with Crippen molar-refractivity contribution in [1.82, 2.24) is 4.57 Å². The molecule has 3 aromatic carbocycles. The first kappa shape index (κ1) is 30.7. The maximum absolute atomic E-state index is 12.1. The Kier molecular flexibility index (Phi) is 9.29. The van der Waals surface area contributed by atoms with Crippen LogP contribution in [0.1, 0.15) is 16.1 Å². The zero-order chi connectivity index (χ0) is 30.5. The van der Waals surface area contributed by atoms with Crippen molar-refractivity contribution < 1.29 is 36.6 Å². The Hall–Kier alpha value is -4.27. The molecule has 1 aromatic heterocycles. The number of nitrogens with zero attached hydrogens (tertiary/aromatic N) is 2. The smallest absolute Gasteiger partial charge is 0.352 e. The van der Waals surface area contributed by atoms with Crippen LogP contribution >= 0.6 is 0 Å². The molecule has 0 atom stereocenters. The fourth-order valence-electron chi connectivity index (χ4n) is 4.58. The van der Waals surface area contributed by atoms with Crippen LogP contribution in [0.3, 0.4) is 0 Å². The maximum atomic E-state index is 12.1. The minimum absolute atomic E-state index is 0.0627. The van der Waals surface area contributed by atoms with Gasteiger partial charge < -0.3 is 24.4 Å². The molecule has 1 heterocycles. The van der Waals surface area contributed by atoms with Crippen LogP contribution in [0.4, 0.5) is 17.1 Å². The van der Waals surface area contributed by atoms with Gasteiger partial charge in [-0.15, -0.1) is 0 Å². The Bertz CT molecular complexity index is 1800.